The molecule has 2 aromatic carbocycles. The van der Waals surface area contributed by atoms with Crippen LogP contribution in [0.1, 0.15) is 11.1 Å². The van der Waals surface area contributed by atoms with Gasteiger partial charge in [-0.1, -0.05) is 30.3 Å². The van der Waals surface area contributed by atoms with Gasteiger partial charge in [-0.2, -0.15) is 0 Å². The van der Waals surface area contributed by atoms with Crippen LogP contribution < -0.4 is 5.32 Å². The van der Waals surface area contributed by atoms with Crippen molar-refractivity contribution >= 4 is 5.69 Å². The molecule has 0 aromatic heterocycles. The molecule has 2 aromatic rings. The maximum atomic E-state index is 13.5. The molecule has 0 aliphatic heterocycles. The second-order valence-electron chi connectivity index (χ2n) is 4.88. The smallest absolute Gasteiger partial charge is 0.128 e. The van der Waals surface area contributed by atoms with E-state index in [2.05, 4.69) is 22.3 Å². The van der Waals surface area contributed by atoms with E-state index in [0.717, 1.165) is 12.2 Å². The molecule has 0 amide bonds. The third kappa shape index (κ3) is 4.07. The molecule has 0 spiro atoms. The molecule has 0 saturated heterocycles. The van der Waals surface area contributed by atoms with Crippen molar-refractivity contribution in [3.63, 3.8) is 0 Å². The van der Waals surface area contributed by atoms with Gasteiger partial charge in [0, 0.05) is 24.3 Å². The largest absolute Gasteiger partial charge is 0.381 e. The van der Waals surface area contributed by atoms with Crippen molar-refractivity contribution in [2.45, 2.75) is 13.1 Å². The lowest BCUT2D eigenvalue weighted by atomic mass is 10.1. The van der Waals surface area contributed by atoms with Crippen LogP contribution in [0.25, 0.3) is 0 Å². The molecular weight excluding hydrogens is 239 g/mol. The lowest BCUT2D eigenvalue weighted by Gasteiger charge is -2.12. The first-order chi connectivity index (χ1) is 9.15. The number of halogens is 1. The number of anilines is 1. The Kier molecular flexibility index (Phi) is 4.53. The second kappa shape index (κ2) is 6.34. The molecule has 0 aliphatic carbocycles. The molecule has 0 radical (unpaired) electrons. The minimum Gasteiger partial charge on any atom is -0.381 e. The highest BCUT2D eigenvalue weighted by atomic mass is 19.1. The predicted octanol–water partition coefficient (Wildman–Crippen LogP) is 3.50. The van der Waals surface area contributed by atoms with Crippen LogP contribution in [0.5, 0.6) is 0 Å². The van der Waals surface area contributed by atoms with Gasteiger partial charge in [0.15, 0.2) is 0 Å². The van der Waals surface area contributed by atoms with Gasteiger partial charge in [0.2, 0.25) is 0 Å². The maximum absolute atomic E-state index is 13.5. The molecule has 0 saturated carbocycles. The maximum Gasteiger partial charge on any atom is 0.128 e. The lowest BCUT2D eigenvalue weighted by molar-refractivity contribution is 0.402. The van der Waals surface area contributed by atoms with E-state index in [9.17, 15) is 4.39 Å². The molecule has 3 heteroatoms. The number of nitrogens with one attached hydrogen (secondary N) is 1. The van der Waals surface area contributed by atoms with Gasteiger partial charge in [-0.3, -0.25) is 0 Å². The highest BCUT2D eigenvalue weighted by Gasteiger charge is 2.01. The summed E-state index contributed by atoms with van der Waals surface area (Å²) < 4.78 is 13.5. The van der Waals surface area contributed by atoms with Gasteiger partial charge >= 0.3 is 0 Å². The van der Waals surface area contributed by atoms with Crippen molar-refractivity contribution < 1.29 is 4.39 Å². The van der Waals surface area contributed by atoms with E-state index in [4.69, 9.17) is 0 Å². The number of benzene rings is 2. The quantitative estimate of drug-likeness (QED) is 0.883. The minimum absolute atomic E-state index is 0.167. The summed E-state index contributed by atoms with van der Waals surface area (Å²) in [4.78, 5) is 2.12. The van der Waals surface area contributed by atoms with Crippen molar-refractivity contribution in [2.75, 3.05) is 19.4 Å². The third-order valence-electron chi connectivity index (χ3n) is 2.87. The summed E-state index contributed by atoms with van der Waals surface area (Å²) in [7, 11) is 4.08. The van der Waals surface area contributed by atoms with E-state index >= 15 is 0 Å². The van der Waals surface area contributed by atoms with Crippen LogP contribution >= 0.6 is 0 Å². The van der Waals surface area contributed by atoms with Crippen LogP contribution in [0.2, 0.25) is 0 Å². The van der Waals surface area contributed by atoms with Crippen LogP contribution in [0.3, 0.4) is 0 Å². The van der Waals surface area contributed by atoms with Crippen molar-refractivity contribution in [1.29, 1.82) is 0 Å². The molecule has 0 fully saturated rings. The summed E-state index contributed by atoms with van der Waals surface area (Å²) in [5.41, 5.74) is 2.94. The fourth-order valence-electron chi connectivity index (χ4n) is 1.98. The van der Waals surface area contributed by atoms with E-state index in [-0.39, 0.29) is 5.82 Å². The highest BCUT2D eigenvalue weighted by molar-refractivity contribution is 5.46. The average Bonchev–Trinajstić information content (AvgIpc) is 2.37. The molecule has 0 bridgehead atoms. The molecular formula is C16H19FN2. The fraction of sp³-hybridized carbons (Fsp3) is 0.250. The van der Waals surface area contributed by atoms with E-state index in [0.29, 0.717) is 12.1 Å². The normalized spacial score (nSPS) is 10.7. The standard InChI is InChI=1S/C16H19FN2/c1-19(2)12-13-6-5-8-15(10-13)18-11-14-7-3-4-9-16(14)17/h3-10,18H,11-12H2,1-2H3. The van der Waals surface area contributed by atoms with Crippen LogP contribution in [-0.4, -0.2) is 19.0 Å². The molecule has 0 unspecified atom stereocenters. The van der Waals surface area contributed by atoms with Gasteiger partial charge in [0.1, 0.15) is 5.82 Å². The van der Waals surface area contributed by atoms with E-state index in [1.165, 1.54) is 11.6 Å². The third-order valence-corrected chi connectivity index (χ3v) is 2.87. The molecule has 0 aliphatic rings. The Morgan fingerprint density at radius 1 is 1.05 bits per heavy atom. The number of hydrogen-bond acceptors (Lipinski definition) is 2. The molecule has 2 nitrogen and oxygen atoms in total. The van der Waals surface area contributed by atoms with Gasteiger partial charge in [0.25, 0.3) is 0 Å². The molecule has 0 heterocycles. The summed E-state index contributed by atoms with van der Waals surface area (Å²) in [6, 6.07) is 15.0. The monoisotopic (exact) mass is 258 g/mol. The summed E-state index contributed by atoms with van der Waals surface area (Å²) in [6.07, 6.45) is 0. The minimum atomic E-state index is -0.167. The topological polar surface area (TPSA) is 15.3 Å². The summed E-state index contributed by atoms with van der Waals surface area (Å²) in [5, 5.41) is 3.26. The van der Waals surface area contributed by atoms with Crippen LogP contribution in [0, 0.1) is 5.82 Å². The zero-order chi connectivity index (χ0) is 13.7. The zero-order valence-electron chi connectivity index (χ0n) is 11.4. The van der Waals surface area contributed by atoms with Gasteiger partial charge in [-0.05, 0) is 37.9 Å². The summed E-state index contributed by atoms with van der Waals surface area (Å²) in [5.74, 6) is -0.167. The highest BCUT2D eigenvalue weighted by Crippen LogP contribution is 2.14. The number of nitrogens with zero attached hydrogens (tertiary/aromatic N) is 1. The molecule has 100 valence electrons. The Hall–Kier alpha value is -1.87. The van der Waals surface area contributed by atoms with Crippen LogP contribution in [0.15, 0.2) is 48.5 Å². The Bertz CT molecular complexity index is 538. The van der Waals surface area contributed by atoms with Crippen LogP contribution in [-0.2, 0) is 13.1 Å². The average molecular weight is 258 g/mol. The Balaban J connectivity index is 2.02. The Morgan fingerprint density at radius 2 is 1.84 bits per heavy atom. The SMILES string of the molecule is CN(C)Cc1cccc(NCc2ccccc2F)c1. The summed E-state index contributed by atoms with van der Waals surface area (Å²) >= 11 is 0. The van der Waals surface area contributed by atoms with Gasteiger partial charge < -0.3 is 10.2 Å². The van der Waals surface area contributed by atoms with E-state index in [1.54, 1.807) is 12.1 Å². The Labute approximate surface area is 113 Å². The van der Waals surface area contributed by atoms with Crippen molar-refractivity contribution in [3.8, 4) is 0 Å². The summed E-state index contributed by atoms with van der Waals surface area (Å²) in [6.45, 7) is 1.40. The van der Waals surface area contributed by atoms with Gasteiger partial charge in [-0.25, -0.2) is 4.39 Å². The lowest BCUT2D eigenvalue weighted by Crippen LogP contribution is -2.10. The van der Waals surface area contributed by atoms with Crippen molar-refractivity contribution in [2.24, 2.45) is 0 Å². The number of rotatable bonds is 5. The molecule has 1 N–H and O–H groups in total. The zero-order valence-corrected chi connectivity index (χ0v) is 11.4. The van der Waals surface area contributed by atoms with Crippen LogP contribution in [0.4, 0.5) is 10.1 Å². The van der Waals surface area contributed by atoms with Gasteiger partial charge in [0.05, 0.1) is 0 Å². The molecule has 19 heavy (non-hydrogen) atoms. The Morgan fingerprint density at radius 3 is 2.58 bits per heavy atom. The first kappa shape index (κ1) is 13.6. The fourth-order valence-corrected chi connectivity index (χ4v) is 1.98. The number of hydrogen-bond donors (Lipinski definition) is 1. The predicted molar refractivity (Wildman–Crippen MR) is 77.6 cm³/mol. The van der Waals surface area contributed by atoms with Crippen molar-refractivity contribution in [1.82, 2.24) is 4.90 Å². The first-order valence-corrected chi connectivity index (χ1v) is 6.36. The van der Waals surface area contributed by atoms with Gasteiger partial charge in [-0.15, -0.1) is 0 Å². The van der Waals surface area contributed by atoms with E-state index in [1.807, 2.05) is 32.3 Å². The molecule has 2 rings (SSSR count). The van der Waals surface area contributed by atoms with Crippen molar-refractivity contribution in [3.05, 3.63) is 65.5 Å². The van der Waals surface area contributed by atoms with E-state index < -0.39 is 0 Å². The second-order valence-corrected chi connectivity index (χ2v) is 4.88. The first-order valence-electron chi connectivity index (χ1n) is 6.36. The molecule has 0 atom stereocenters.